The van der Waals surface area contributed by atoms with E-state index in [1.165, 1.54) is 0 Å². The minimum Gasteiger partial charge on any atom is -0.496 e. The van der Waals surface area contributed by atoms with Crippen molar-refractivity contribution in [3.63, 3.8) is 0 Å². The van der Waals surface area contributed by atoms with Gasteiger partial charge in [0.15, 0.2) is 0 Å². The number of methoxy groups -OCH3 is 1. The minimum atomic E-state index is 0.648. The zero-order chi connectivity index (χ0) is 13.9. The highest BCUT2D eigenvalue weighted by molar-refractivity contribution is 5.99. The predicted molar refractivity (Wildman–Crippen MR) is 78.4 cm³/mol. The minimum absolute atomic E-state index is 0.648. The van der Waals surface area contributed by atoms with E-state index in [9.17, 15) is 0 Å². The van der Waals surface area contributed by atoms with Crippen LogP contribution in [0.3, 0.4) is 0 Å². The number of benzene rings is 2. The largest absolute Gasteiger partial charge is 0.496 e. The lowest BCUT2D eigenvalue weighted by atomic mass is 9.98. The average Bonchev–Trinajstić information content (AvgIpc) is 2.54. The summed E-state index contributed by atoms with van der Waals surface area (Å²) in [6, 6.07) is 15.6. The first-order chi connectivity index (χ1) is 9.83. The quantitative estimate of drug-likeness (QED) is 0.704. The van der Waals surface area contributed by atoms with Crippen molar-refractivity contribution >= 4 is 10.8 Å². The Morgan fingerprint density at radius 2 is 2.00 bits per heavy atom. The molecule has 20 heavy (non-hydrogen) atoms. The van der Waals surface area contributed by atoms with Crippen LogP contribution in [0.4, 0.5) is 0 Å². The number of aromatic nitrogens is 1. The van der Waals surface area contributed by atoms with Crippen molar-refractivity contribution in [3.8, 4) is 22.9 Å². The summed E-state index contributed by atoms with van der Waals surface area (Å²) in [4.78, 5) is 4.20. The first-order valence-electron chi connectivity index (χ1n) is 6.25. The van der Waals surface area contributed by atoms with E-state index >= 15 is 0 Å². The van der Waals surface area contributed by atoms with E-state index in [-0.39, 0.29) is 0 Å². The Bertz CT molecular complexity index is 819. The van der Waals surface area contributed by atoms with E-state index in [1.54, 1.807) is 19.4 Å². The van der Waals surface area contributed by atoms with Gasteiger partial charge in [-0.2, -0.15) is 5.26 Å². The second-order valence-electron chi connectivity index (χ2n) is 4.43. The van der Waals surface area contributed by atoms with Gasteiger partial charge in [0, 0.05) is 23.2 Å². The van der Waals surface area contributed by atoms with E-state index in [2.05, 4.69) is 11.1 Å². The van der Waals surface area contributed by atoms with Gasteiger partial charge in [-0.15, -0.1) is 0 Å². The Hall–Kier alpha value is -2.86. The molecule has 1 heterocycles. The van der Waals surface area contributed by atoms with Crippen LogP contribution in [0, 0.1) is 11.3 Å². The molecule has 0 N–H and O–H groups in total. The first-order valence-corrected chi connectivity index (χ1v) is 6.25. The van der Waals surface area contributed by atoms with E-state index < -0.39 is 0 Å². The van der Waals surface area contributed by atoms with E-state index in [4.69, 9.17) is 10.00 Å². The monoisotopic (exact) mass is 260 g/mol. The molecule has 3 heteroatoms. The van der Waals surface area contributed by atoms with E-state index in [0.717, 1.165) is 27.6 Å². The molecule has 0 fully saturated rings. The summed E-state index contributed by atoms with van der Waals surface area (Å²) in [6.07, 6.45) is 3.58. The van der Waals surface area contributed by atoms with Gasteiger partial charge in [0.1, 0.15) is 5.75 Å². The fraction of sp³-hybridized carbons (Fsp3) is 0.0588. The molecule has 2 aromatic carbocycles. The third-order valence-electron chi connectivity index (χ3n) is 3.30. The fourth-order valence-corrected chi connectivity index (χ4v) is 2.35. The Balaban J connectivity index is 2.29. The average molecular weight is 260 g/mol. The molecule has 3 rings (SSSR count). The van der Waals surface area contributed by atoms with Gasteiger partial charge < -0.3 is 4.74 Å². The first kappa shape index (κ1) is 12.2. The Morgan fingerprint density at radius 1 is 1.10 bits per heavy atom. The van der Waals surface area contributed by atoms with Crippen LogP contribution in [0.1, 0.15) is 5.56 Å². The maximum atomic E-state index is 9.02. The second kappa shape index (κ2) is 5.02. The molecule has 0 spiro atoms. The van der Waals surface area contributed by atoms with E-state index in [1.807, 2.05) is 42.6 Å². The number of nitriles is 1. The maximum absolute atomic E-state index is 9.02. The molecule has 0 unspecified atom stereocenters. The second-order valence-corrected chi connectivity index (χ2v) is 4.43. The summed E-state index contributed by atoms with van der Waals surface area (Å²) < 4.78 is 5.38. The molecular weight excluding hydrogens is 248 g/mol. The van der Waals surface area contributed by atoms with Crippen molar-refractivity contribution in [3.05, 3.63) is 60.4 Å². The van der Waals surface area contributed by atoms with Crippen LogP contribution in [0.2, 0.25) is 0 Å². The molecule has 0 aliphatic carbocycles. The summed E-state index contributed by atoms with van der Waals surface area (Å²) in [6.45, 7) is 0. The molecule has 0 aliphatic rings. The molecule has 0 saturated heterocycles. The number of ether oxygens (including phenoxy) is 1. The molecule has 0 amide bonds. The number of nitrogens with zero attached hydrogens (tertiary/aromatic N) is 2. The van der Waals surface area contributed by atoms with Gasteiger partial charge in [0.2, 0.25) is 0 Å². The maximum Gasteiger partial charge on any atom is 0.126 e. The number of rotatable bonds is 2. The highest BCUT2D eigenvalue weighted by Crippen LogP contribution is 2.33. The Kier molecular flexibility index (Phi) is 3.06. The SMILES string of the molecule is COc1ccc(-c2cccc(C#N)c2)c2cnccc12. The van der Waals surface area contributed by atoms with Crippen molar-refractivity contribution in [2.45, 2.75) is 0 Å². The summed E-state index contributed by atoms with van der Waals surface area (Å²) in [5, 5.41) is 11.1. The lowest BCUT2D eigenvalue weighted by Crippen LogP contribution is -1.89. The third-order valence-corrected chi connectivity index (χ3v) is 3.30. The molecule has 0 aliphatic heterocycles. The lowest BCUT2D eigenvalue weighted by Gasteiger charge is -2.10. The van der Waals surface area contributed by atoms with Crippen molar-refractivity contribution < 1.29 is 4.74 Å². The van der Waals surface area contributed by atoms with Crippen molar-refractivity contribution in [2.24, 2.45) is 0 Å². The fourth-order valence-electron chi connectivity index (χ4n) is 2.35. The third kappa shape index (κ3) is 1.98. The molecule has 3 nitrogen and oxygen atoms in total. The van der Waals surface area contributed by atoms with Gasteiger partial charge in [-0.3, -0.25) is 4.98 Å². The normalized spacial score (nSPS) is 10.2. The zero-order valence-corrected chi connectivity index (χ0v) is 11.0. The van der Waals surface area contributed by atoms with Gasteiger partial charge in [0.25, 0.3) is 0 Å². The molecule has 1 aromatic heterocycles. The molecule has 0 saturated carbocycles. The van der Waals surface area contributed by atoms with Crippen LogP contribution in [0.25, 0.3) is 21.9 Å². The molecular formula is C17H12N2O. The van der Waals surface area contributed by atoms with Crippen LogP contribution >= 0.6 is 0 Å². The number of hydrogen-bond donors (Lipinski definition) is 0. The van der Waals surface area contributed by atoms with Gasteiger partial charge in [-0.25, -0.2) is 0 Å². The van der Waals surface area contributed by atoms with Crippen LogP contribution in [0.15, 0.2) is 54.9 Å². The van der Waals surface area contributed by atoms with Crippen molar-refractivity contribution in [1.82, 2.24) is 4.98 Å². The van der Waals surface area contributed by atoms with Gasteiger partial charge in [-0.1, -0.05) is 12.1 Å². The van der Waals surface area contributed by atoms with E-state index in [0.29, 0.717) is 5.56 Å². The summed E-state index contributed by atoms with van der Waals surface area (Å²) >= 11 is 0. The van der Waals surface area contributed by atoms with Crippen molar-refractivity contribution in [1.29, 1.82) is 5.26 Å². The van der Waals surface area contributed by atoms with Crippen LogP contribution in [-0.2, 0) is 0 Å². The van der Waals surface area contributed by atoms with Crippen LogP contribution in [0.5, 0.6) is 5.75 Å². The molecule has 96 valence electrons. The van der Waals surface area contributed by atoms with Crippen LogP contribution < -0.4 is 4.74 Å². The number of pyridine rings is 1. The highest BCUT2D eigenvalue weighted by Gasteiger charge is 2.08. The van der Waals surface area contributed by atoms with Crippen LogP contribution in [-0.4, -0.2) is 12.1 Å². The van der Waals surface area contributed by atoms with Gasteiger partial charge in [0.05, 0.1) is 18.7 Å². The topological polar surface area (TPSA) is 45.9 Å². The van der Waals surface area contributed by atoms with Crippen molar-refractivity contribution in [2.75, 3.05) is 7.11 Å². The van der Waals surface area contributed by atoms with Gasteiger partial charge >= 0.3 is 0 Å². The highest BCUT2D eigenvalue weighted by atomic mass is 16.5. The zero-order valence-electron chi connectivity index (χ0n) is 11.0. The number of fused-ring (bicyclic) bond motifs is 1. The smallest absolute Gasteiger partial charge is 0.126 e. The summed E-state index contributed by atoms with van der Waals surface area (Å²) in [5.74, 6) is 0.822. The standard InChI is InChI=1S/C17H12N2O/c1-20-17-6-5-14(16-11-19-8-7-15(16)17)13-4-2-3-12(9-13)10-18/h2-9,11H,1H3. The molecule has 0 bridgehead atoms. The lowest BCUT2D eigenvalue weighted by molar-refractivity contribution is 0.420. The molecule has 0 radical (unpaired) electrons. The summed E-state index contributed by atoms with van der Waals surface area (Å²) in [7, 11) is 1.66. The predicted octanol–water partition coefficient (Wildman–Crippen LogP) is 3.78. The Labute approximate surface area is 117 Å². The Morgan fingerprint density at radius 3 is 2.80 bits per heavy atom. The molecule has 3 aromatic rings. The number of hydrogen-bond acceptors (Lipinski definition) is 3. The van der Waals surface area contributed by atoms with Gasteiger partial charge in [-0.05, 0) is 41.5 Å². The summed E-state index contributed by atoms with van der Waals surface area (Å²) in [5.41, 5.74) is 2.70. The molecule has 0 atom stereocenters.